The average Bonchev–Trinajstić information content (AvgIpc) is 2.62. The van der Waals surface area contributed by atoms with Crippen molar-refractivity contribution in [1.82, 2.24) is 15.3 Å². The Morgan fingerprint density at radius 2 is 1.80 bits per heavy atom. The van der Waals surface area contributed by atoms with E-state index in [0.29, 0.717) is 22.0 Å². The van der Waals surface area contributed by atoms with E-state index in [2.05, 4.69) is 15.3 Å². The zero-order valence-corrected chi connectivity index (χ0v) is 14.2. The highest BCUT2D eigenvalue weighted by Gasteiger charge is 2.13. The zero-order valence-electron chi connectivity index (χ0n) is 13.4. The highest BCUT2D eigenvalue weighted by atomic mass is 35.5. The Kier molecular flexibility index (Phi) is 5.05. The molecule has 3 aromatic rings. The van der Waals surface area contributed by atoms with Crippen LogP contribution in [-0.2, 0) is 0 Å². The van der Waals surface area contributed by atoms with Gasteiger partial charge in [-0.1, -0.05) is 35.9 Å². The molecule has 0 bridgehead atoms. The van der Waals surface area contributed by atoms with Crippen molar-refractivity contribution in [2.45, 2.75) is 13.0 Å². The lowest BCUT2D eigenvalue weighted by molar-refractivity contribution is 0.0939. The third-order valence-corrected chi connectivity index (χ3v) is 3.97. The van der Waals surface area contributed by atoms with Gasteiger partial charge in [0, 0.05) is 23.0 Å². The van der Waals surface area contributed by atoms with Gasteiger partial charge in [-0.25, -0.2) is 14.4 Å². The van der Waals surface area contributed by atoms with Crippen LogP contribution in [0.2, 0.25) is 5.02 Å². The summed E-state index contributed by atoms with van der Waals surface area (Å²) in [5, 5.41) is 3.52. The maximum Gasteiger partial charge on any atom is 0.254 e. The summed E-state index contributed by atoms with van der Waals surface area (Å²) in [6.45, 7) is 1.88. The smallest absolute Gasteiger partial charge is 0.254 e. The van der Waals surface area contributed by atoms with Crippen molar-refractivity contribution in [2.75, 3.05) is 0 Å². The predicted octanol–water partition coefficient (Wildman–Crippen LogP) is 4.43. The van der Waals surface area contributed by atoms with Crippen LogP contribution < -0.4 is 5.32 Å². The van der Waals surface area contributed by atoms with Gasteiger partial charge in [-0.2, -0.15) is 0 Å². The zero-order chi connectivity index (χ0) is 17.8. The molecule has 25 heavy (non-hydrogen) atoms. The van der Waals surface area contributed by atoms with Gasteiger partial charge in [-0.3, -0.25) is 4.79 Å². The monoisotopic (exact) mass is 355 g/mol. The molecule has 0 spiro atoms. The second kappa shape index (κ2) is 7.40. The maximum atomic E-state index is 13.3. The van der Waals surface area contributed by atoms with Crippen molar-refractivity contribution in [1.29, 1.82) is 0 Å². The van der Waals surface area contributed by atoms with E-state index in [4.69, 9.17) is 11.6 Å². The summed E-state index contributed by atoms with van der Waals surface area (Å²) in [5.41, 5.74) is 1.83. The molecule has 0 aliphatic heterocycles. The normalized spacial score (nSPS) is 11.8. The van der Waals surface area contributed by atoms with Crippen LogP contribution in [0.4, 0.5) is 4.39 Å². The van der Waals surface area contributed by atoms with Gasteiger partial charge in [-0.15, -0.1) is 0 Å². The molecule has 1 aromatic heterocycles. The SMILES string of the molecule is CC(NC(=O)c1cnc(-c2cccc(F)c2)nc1)c1ccc(Cl)cc1. The number of rotatable bonds is 4. The first-order valence-electron chi connectivity index (χ1n) is 7.67. The highest BCUT2D eigenvalue weighted by Crippen LogP contribution is 2.18. The summed E-state index contributed by atoms with van der Waals surface area (Å²) in [7, 11) is 0. The summed E-state index contributed by atoms with van der Waals surface area (Å²) < 4.78 is 13.3. The van der Waals surface area contributed by atoms with E-state index < -0.39 is 0 Å². The molecular formula is C19H15ClFN3O. The van der Waals surface area contributed by atoms with Gasteiger partial charge in [0.15, 0.2) is 5.82 Å². The molecule has 1 heterocycles. The van der Waals surface area contributed by atoms with Crippen molar-refractivity contribution in [2.24, 2.45) is 0 Å². The van der Waals surface area contributed by atoms with Crippen LogP contribution in [-0.4, -0.2) is 15.9 Å². The van der Waals surface area contributed by atoms with E-state index in [9.17, 15) is 9.18 Å². The van der Waals surface area contributed by atoms with E-state index >= 15 is 0 Å². The van der Waals surface area contributed by atoms with Gasteiger partial charge in [0.1, 0.15) is 5.82 Å². The van der Waals surface area contributed by atoms with Gasteiger partial charge in [0.05, 0.1) is 11.6 Å². The number of aromatic nitrogens is 2. The fourth-order valence-electron chi connectivity index (χ4n) is 2.34. The average molecular weight is 356 g/mol. The number of hydrogen-bond donors (Lipinski definition) is 1. The van der Waals surface area contributed by atoms with Crippen molar-refractivity contribution >= 4 is 17.5 Å². The van der Waals surface area contributed by atoms with Crippen molar-refractivity contribution < 1.29 is 9.18 Å². The molecule has 0 aliphatic rings. The molecule has 0 fully saturated rings. The Morgan fingerprint density at radius 3 is 2.44 bits per heavy atom. The largest absolute Gasteiger partial charge is 0.345 e. The number of hydrogen-bond acceptors (Lipinski definition) is 3. The minimum absolute atomic E-state index is 0.187. The highest BCUT2D eigenvalue weighted by molar-refractivity contribution is 6.30. The Bertz CT molecular complexity index is 882. The molecule has 6 heteroatoms. The molecule has 1 N–H and O–H groups in total. The van der Waals surface area contributed by atoms with Crippen LogP contribution in [0.25, 0.3) is 11.4 Å². The fourth-order valence-corrected chi connectivity index (χ4v) is 2.46. The van der Waals surface area contributed by atoms with Crippen LogP contribution in [0.15, 0.2) is 60.9 Å². The number of carbonyl (C=O) groups is 1. The second-order valence-corrected chi connectivity index (χ2v) is 5.99. The summed E-state index contributed by atoms with van der Waals surface area (Å²) in [6.07, 6.45) is 2.86. The molecule has 1 amide bonds. The number of amides is 1. The fraction of sp³-hybridized carbons (Fsp3) is 0.105. The van der Waals surface area contributed by atoms with E-state index in [1.807, 2.05) is 19.1 Å². The molecule has 126 valence electrons. The Morgan fingerprint density at radius 1 is 1.12 bits per heavy atom. The summed E-state index contributed by atoms with van der Waals surface area (Å²) in [6, 6.07) is 13.1. The summed E-state index contributed by atoms with van der Waals surface area (Å²) >= 11 is 5.87. The lowest BCUT2D eigenvalue weighted by Crippen LogP contribution is -2.26. The van der Waals surface area contributed by atoms with Gasteiger partial charge >= 0.3 is 0 Å². The second-order valence-electron chi connectivity index (χ2n) is 5.55. The Hall–Kier alpha value is -2.79. The van der Waals surface area contributed by atoms with Gasteiger partial charge in [0.2, 0.25) is 0 Å². The Balaban J connectivity index is 1.71. The topological polar surface area (TPSA) is 54.9 Å². The Labute approximate surface area is 149 Å². The molecule has 0 saturated heterocycles. The van der Waals surface area contributed by atoms with Crippen molar-refractivity contribution in [3.63, 3.8) is 0 Å². The van der Waals surface area contributed by atoms with Crippen LogP contribution in [0, 0.1) is 5.82 Å². The van der Waals surface area contributed by atoms with E-state index in [1.54, 1.807) is 24.3 Å². The van der Waals surface area contributed by atoms with Crippen LogP contribution >= 0.6 is 11.6 Å². The maximum absolute atomic E-state index is 13.3. The number of nitrogens with one attached hydrogen (secondary N) is 1. The predicted molar refractivity (Wildman–Crippen MR) is 94.8 cm³/mol. The number of halogens is 2. The minimum Gasteiger partial charge on any atom is -0.345 e. The standard InChI is InChI=1S/C19H15ClFN3O/c1-12(13-5-7-16(20)8-6-13)24-19(25)15-10-22-18(23-11-15)14-3-2-4-17(21)9-14/h2-12H,1H3,(H,24,25). The lowest BCUT2D eigenvalue weighted by Gasteiger charge is -2.14. The molecule has 0 aliphatic carbocycles. The minimum atomic E-state index is -0.361. The number of benzene rings is 2. The summed E-state index contributed by atoms with van der Waals surface area (Å²) in [4.78, 5) is 20.6. The molecule has 2 aromatic carbocycles. The molecule has 1 unspecified atom stereocenters. The molecule has 0 saturated carbocycles. The number of carbonyl (C=O) groups excluding carboxylic acids is 1. The van der Waals surface area contributed by atoms with Gasteiger partial charge in [0.25, 0.3) is 5.91 Å². The molecule has 1 atom stereocenters. The van der Waals surface area contributed by atoms with E-state index in [0.717, 1.165) is 5.56 Å². The summed E-state index contributed by atoms with van der Waals surface area (Å²) in [5.74, 6) is -0.283. The van der Waals surface area contributed by atoms with E-state index in [-0.39, 0.29) is 17.8 Å². The van der Waals surface area contributed by atoms with Crippen LogP contribution in [0.1, 0.15) is 28.9 Å². The van der Waals surface area contributed by atoms with Crippen LogP contribution in [0.5, 0.6) is 0 Å². The number of nitrogens with zero attached hydrogens (tertiary/aromatic N) is 2. The third kappa shape index (κ3) is 4.19. The molecular weight excluding hydrogens is 341 g/mol. The first-order chi connectivity index (χ1) is 12.0. The van der Waals surface area contributed by atoms with Crippen LogP contribution in [0.3, 0.4) is 0 Å². The van der Waals surface area contributed by atoms with Crippen molar-refractivity contribution in [3.8, 4) is 11.4 Å². The van der Waals surface area contributed by atoms with Gasteiger partial charge in [-0.05, 0) is 36.8 Å². The van der Waals surface area contributed by atoms with E-state index in [1.165, 1.54) is 24.5 Å². The molecule has 4 nitrogen and oxygen atoms in total. The first kappa shape index (κ1) is 17.0. The lowest BCUT2D eigenvalue weighted by atomic mass is 10.1. The molecule has 0 radical (unpaired) electrons. The quantitative estimate of drug-likeness (QED) is 0.753. The third-order valence-electron chi connectivity index (χ3n) is 3.71. The van der Waals surface area contributed by atoms with Gasteiger partial charge < -0.3 is 5.32 Å². The molecule has 3 rings (SSSR count). The first-order valence-corrected chi connectivity index (χ1v) is 8.05. The van der Waals surface area contributed by atoms with Crippen molar-refractivity contribution in [3.05, 3.63) is 82.9 Å².